The summed E-state index contributed by atoms with van der Waals surface area (Å²) in [6.07, 6.45) is 15.1. The Morgan fingerprint density at radius 3 is 2.35 bits per heavy atom. The molecule has 1 heterocycles. The number of fused-ring (bicyclic) bond motifs is 5. The fourth-order valence-corrected chi connectivity index (χ4v) is 9.02. The summed E-state index contributed by atoms with van der Waals surface area (Å²) >= 11 is 0. The Morgan fingerprint density at radius 1 is 0.923 bits per heavy atom. The van der Waals surface area contributed by atoms with E-state index in [0.29, 0.717) is 22.3 Å². The van der Waals surface area contributed by atoms with Crippen molar-refractivity contribution < 1.29 is 9.84 Å². The molecule has 2 nitrogen and oxygen atoms in total. The van der Waals surface area contributed by atoms with Crippen molar-refractivity contribution in [3.8, 4) is 0 Å². The van der Waals surface area contributed by atoms with Crippen molar-refractivity contribution in [3.63, 3.8) is 0 Å². The van der Waals surface area contributed by atoms with Gasteiger partial charge < -0.3 is 9.84 Å². The summed E-state index contributed by atoms with van der Waals surface area (Å²) in [5.74, 6) is 4.29. The average molecular weight is 361 g/mol. The molecule has 5 rings (SSSR count). The lowest BCUT2D eigenvalue weighted by atomic mass is 9.47. The highest BCUT2D eigenvalue weighted by Crippen LogP contribution is 2.68. The molecule has 0 aromatic rings. The highest BCUT2D eigenvalue weighted by Gasteiger charge is 2.61. The minimum absolute atomic E-state index is 0.116. The van der Waals surface area contributed by atoms with Gasteiger partial charge in [0.15, 0.2) is 0 Å². The monoisotopic (exact) mass is 360 g/mol. The second-order valence-corrected chi connectivity index (χ2v) is 11.3. The van der Waals surface area contributed by atoms with Gasteiger partial charge in [-0.1, -0.05) is 13.8 Å². The molecule has 4 unspecified atom stereocenters. The van der Waals surface area contributed by atoms with E-state index in [2.05, 4.69) is 20.8 Å². The van der Waals surface area contributed by atoms with E-state index in [9.17, 15) is 5.11 Å². The smallest absolute Gasteiger partial charge is 0.0916 e. The number of ether oxygens (including phenoxy) is 1. The van der Waals surface area contributed by atoms with Crippen LogP contribution in [0, 0.1) is 40.4 Å². The Morgan fingerprint density at radius 2 is 1.65 bits per heavy atom. The summed E-state index contributed by atoms with van der Waals surface area (Å²) in [5, 5.41) is 10.5. The predicted molar refractivity (Wildman–Crippen MR) is 105 cm³/mol. The Labute approximate surface area is 160 Å². The van der Waals surface area contributed by atoms with Gasteiger partial charge in [-0.2, -0.15) is 0 Å². The van der Waals surface area contributed by atoms with Crippen molar-refractivity contribution >= 4 is 0 Å². The Bertz CT molecular complexity index is 550. The first-order chi connectivity index (χ1) is 12.4. The van der Waals surface area contributed by atoms with E-state index in [1.54, 1.807) is 0 Å². The topological polar surface area (TPSA) is 32.8 Å². The van der Waals surface area contributed by atoms with Gasteiger partial charge in [-0.15, -0.1) is 0 Å². The third kappa shape index (κ3) is 2.43. The van der Waals surface area contributed by atoms with E-state index in [4.69, 9.17) is 4.74 Å². The minimum Gasteiger partial charge on any atom is -0.393 e. The first-order valence-corrected chi connectivity index (χ1v) is 11.8. The molecule has 0 aromatic heterocycles. The van der Waals surface area contributed by atoms with Crippen LogP contribution < -0.4 is 0 Å². The van der Waals surface area contributed by atoms with Gasteiger partial charge in [0.2, 0.25) is 0 Å². The molecule has 26 heavy (non-hydrogen) atoms. The largest absolute Gasteiger partial charge is 0.393 e. The van der Waals surface area contributed by atoms with E-state index in [-0.39, 0.29) is 6.10 Å². The van der Waals surface area contributed by atoms with Gasteiger partial charge in [-0.25, -0.2) is 0 Å². The molecule has 148 valence electrons. The molecule has 2 heteroatoms. The SMILES string of the molecule is CC[C@]12CCC3[C@@H](CC[C@]4(C)CCC5(CC[C@H]34)CO5)C1CC[C@@H]2C(C)O. The normalized spacial score (nSPS) is 57.0. The molecule has 1 aliphatic heterocycles. The molecular weight excluding hydrogens is 320 g/mol. The van der Waals surface area contributed by atoms with Gasteiger partial charge in [-0.3, -0.25) is 0 Å². The van der Waals surface area contributed by atoms with Crippen LogP contribution in [0.3, 0.4) is 0 Å². The maximum atomic E-state index is 10.5. The zero-order valence-corrected chi connectivity index (χ0v) is 17.3. The lowest BCUT2D eigenvalue weighted by Crippen LogP contribution is -2.51. The van der Waals surface area contributed by atoms with Crippen molar-refractivity contribution in [1.82, 2.24) is 0 Å². The Kier molecular flexibility index (Phi) is 4.12. The molecule has 1 N–H and O–H groups in total. The average Bonchev–Trinajstić information content (AvgIpc) is 3.32. The summed E-state index contributed by atoms with van der Waals surface area (Å²) in [6.45, 7) is 8.15. The van der Waals surface area contributed by atoms with Crippen LogP contribution in [-0.4, -0.2) is 23.4 Å². The molecule has 9 atom stereocenters. The molecular formula is C24H40O2. The summed E-state index contributed by atoms with van der Waals surface area (Å²) < 4.78 is 5.92. The predicted octanol–water partition coefficient (Wildman–Crippen LogP) is 5.58. The number of hydrogen-bond donors (Lipinski definition) is 1. The van der Waals surface area contributed by atoms with Crippen LogP contribution in [-0.2, 0) is 4.74 Å². The molecule has 0 amide bonds. The highest BCUT2D eigenvalue weighted by molar-refractivity contribution is 5.10. The van der Waals surface area contributed by atoms with E-state index < -0.39 is 0 Å². The molecule has 5 fully saturated rings. The minimum atomic E-state index is -0.116. The Hall–Kier alpha value is -0.0800. The molecule has 1 spiro atoms. The molecule has 0 aromatic carbocycles. The zero-order chi connectivity index (χ0) is 18.2. The van der Waals surface area contributed by atoms with Gasteiger partial charge in [0.25, 0.3) is 0 Å². The van der Waals surface area contributed by atoms with Gasteiger partial charge in [0.1, 0.15) is 0 Å². The van der Waals surface area contributed by atoms with Gasteiger partial charge in [-0.05, 0) is 118 Å². The van der Waals surface area contributed by atoms with Crippen LogP contribution in [0.4, 0.5) is 0 Å². The summed E-state index contributed by atoms with van der Waals surface area (Å²) in [7, 11) is 0. The van der Waals surface area contributed by atoms with Crippen molar-refractivity contribution in [1.29, 1.82) is 0 Å². The van der Waals surface area contributed by atoms with Crippen LogP contribution >= 0.6 is 0 Å². The lowest BCUT2D eigenvalue weighted by Gasteiger charge is -2.58. The standard InChI is InChI=1S/C24H40O2/c1-4-24-12-8-17-18(21(24)6-5-19(24)16(2)25)7-10-22(3)13-14-23(15-26-23)11-9-20(17)22/h16-21,25H,4-15H2,1-3H3/t16?,17?,18-,19-,20-,21?,22-,23?,24-/m1/s1. The van der Waals surface area contributed by atoms with Crippen molar-refractivity contribution in [2.75, 3.05) is 6.61 Å². The Balaban J connectivity index is 1.42. The van der Waals surface area contributed by atoms with Crippen LogP contribution in [0.25, 0.3) is 0 Å². The molecule has 0 radical (unpaired) electrons. The van der Waals surface area contributed by atoms with Gasteiger partial charge >= 0.3 is 0 Å². The number of aliphatic hydroxyl groups excluding tert-OH is 1. The second-order valence-electron chi connectivity index (χ2n) is 11.3. The van der Waals surface area contributed by atoms with E-state index in [0.717, 1.165) is 30.3 Å². The van der Waals surface area contributed by atoms with Crippen molar-refractivity contribution in [3.05, 3.63) is 0 Å². The molecule has 1 saturated heterocycles. The first kappa shape index (κ1) is 18.0. The summed E-state index contributed by atoms with van der Waals surface area (Å²) in [5.41, 5.74) is 1.34. The number of epoxide rings is 1. The molecule has 5 aliphatic rings. The second kappa shape index (κ2) is 5.96. The van der Waals surface area contributed by atoms with Crippen molar-refractivity contribution in [2.24, 2.45) is 40.4 Å². The van der Waals surface area contributed by atoms with E-state index in [1.165, 1.54) is 70.6 Å². The maximum absolute atomic E-state index is 10.5. The number of hydrogen-bond acceptors (Lipinski definition) is 2. The summed E-state index contributed by atoms with van der Waals surface area (Å²) in [6, 6.07) is 0. The number of aliphatic hydroxyl groups is 1. The van der Waals surface area contributed by atoms with Crippen LogP contribution in [0.5, 0.6) is 0 Å². The van der Waals surface area contributed by atoms with E-state index in [1.807, 2.05) is 0 Å². The fraction of sp³-hybridized carbons (Fsp3) is 1.00. The molecule has 0 bridgehead atoms. The van der Waals surface area contributed by atoms with Crippen molar-refractivity contribution in [2.45, 2.75) is 103 Å². The van der Waals surface area contributed by atoms with Crippen LogP contribution in [0.1, 0.15) is 91.4 Å². The quantitative estimate of drug-likeness (QED) is 0.652. The molecule has 4 aliphatic carbocycles. The fourth-order valence-electron chi connectivity index (χ4n) is 9.02. The third-order valence-corrected chi connectivity index (χ3v) is 10.6. The summed E-state index contributed by atoms with van der Waals surface area (Å²) in [4.78, 5) is 0. The highest BCUT2D eigenvalue weighted by atomic mass is 16.6. The maximum Gasteiger partial charge on any atom is 0.0916 e. The first-order valence-electron chi connectivity index (χ1n) is 11.8. The van der Waals surface area contributed by atoms with Crippen LogP contribution in [0.2, 0.25) is 0 Å². The van der Waals surface area contributed by atoms with Gasteiger partial charge in [0.05, 0.1) is 18.3 Å². The van der Waals surface area contributed by atoms with Gasteiger partial charge in [0, 0.05) is 0 Å². The molecule has 4 saturated carbocycles. The van der Waals surface area contributed by atoms with E-state index >= 15 is 0 Å². The lowest BCUT2D eigenvalue weighted by molar-refractivity contribution is -0.103. The van der Waals surface area contributed by atoms with Crippen LogP contribution in [0.15, 0.2) is 0 Å². The zero-order valence-electron chi connectivity index (χ0n) is 17.3. The number of rotatable bonds is 2. The third-order valence-electron chi connectivity index (χ3n) is 10.6.